The van der Waals surface area contributed by atoms with Gasteiger partial charge in [0.25, 0.3) is 0 Å². The van der Waals surface area contributed by atoms with E-state index in [1.54, 1.807) is 0 Å². The molecule has 0 spiro atoms. The second kappa shape index (κ2) is 4.30. The summed E-state index contributed by atoms with van der Waals surface area (Å²) in [5.74, 6) is 2.05. The number of rotatable bonds is 3. The first-order valence-corrected chi connectivity index (χ1v) is 7.21. The van der Waals surface area contributed by atoms with Gasteiger partial charge in [-0.15, -0.1) is 0 Å². The third-order valence-corrected chi connectivity index (χ3v) is 5.26. The average Bonchev–Trinajstić information content (AvgIpc) is 2.94. The first kappa shape index (κ1) is 11.0. The highest BCUT2D eigenvalue weighted by atomic mass is 15.2. The Morgan fingerprint density at radius 1 is 1.12 bits per heavy atom. The van der Waals surface area contributed by atoms with Gasteiger partial charge in [-0.3, -0.25) is 4.90 Å². The lowest BCUT2D eigenvalue weighted by Gasteiger charge is -2.49. The van der Waals surface area contributed by atoms with Crippen LogP contribution in [-0.2, 0) is 0 Å². The van der Waals surface area contributed by atoms with Gasteiger partial charge < -0.3 is 5.32 Å². The molecule has 2 heterocycles. The SMILES string of the molecule is CNC1CC2CCCC(C1)N2CC1CC1C. The molecule has 1 saturated carbocycles. The fraction of sp³-hybridized carbons (Fsp3) is 1.00. The summed E-state index contributed by atoms with van der Waals surface area (Å²) in [6.07, 6.45) is 8.67. The minimum Gasteiger partial charge on any atom is -0.317 e. The molecule has 3 rings (SSSR count). The van der Waals surface area contributed by atoms with Gasteiger partial charge in [-0.1, -0.05) is 13.3 Å². The third kappa shape index (κ3) is 2.02. The second-order valence-electron chi connectivity index (χ2n) is 6.37. The Morgan fingerprint density at radius 2 is 1.75 bits per heavy atom. The molecule has 0 aromatic heterocycles. The van der Waals surface area contributed by atoms with Crippen LogP contribution in [0.4, 0.5) is 0 Å². The van der Waals surface area contributed by atoms with E-state index in [4.69, 9.17) is 0 Å². The van der Waals surface area contributed by atoms with Crippen LogP contribution in [0.15, 0.2) is 0 Å². The summed E-state index contributed by atoms with van der Waals surface area (Å²) in [6.45, 7) is 3.83. The summed E-state index contributed by atoms with van der Waals surface area (Å²) < 4.78 is 0. The molecule has 2 nitrogen and oxygen atoms in total. The average molecular weight is 222 g/mol. The van der Waals surface area contributed by atoms with Crippen molar-refractivity contribution in [1.82, 2.24) is 10.2 Å². The van der Waals surface area contributed by atoms with Crippen molar-refractivity contribution in [2.24, 2.45) is 11.8 Å². The Bertz CT molecular complexity index is 239. The van der Waals surface area contributed by atoms with E-state index in [1.165, 1.54) is 45.1 Å². The number of fused-ring (bicyclic) bond motifs is 2. The molecule has 1 N–H and O–H groups in total. The van der Waals surface area contributed by atoms with Crippen molar-refractivity contribution in [2.45, 2.75) is 63.6 Å². The van der Waals surface area contributed by atoms with E-state index in [-0.39, 0.29) is 0 Å². The largest absolute Gasteiger partial charge is 0.317 e. The van der Waals surface area contributed by atoms with E-state index in [0.717, 1.165) is 30.0 Å². The first-order chi connectivity index (χ1) is 7.78. The van der Waals surface area contributed by atoms with Crippen molar-refractivity contribution in [3.8, 4) is 0 Å². The zero-order valence-electron chi connectivity index (χ0n) is 10.8. The van der Waals surface area contributed by atoms with Crippen LogP contribution in [0.3, 0.4) is 0 Å². The van der Waals surface area contributed by atoms with E-state index in [0.29, 0.717) is 0 Å². The van der Waals surface area contributed by atoms with Crippen molar-refractivity contribution < 1.29 is 0 Å². The summed E-state index contributed by atoms with van der Waals surface area (Å²) in [5, 5.41) is 3.50. The van der Waals surface area contributed by atoms with Gasteiger partial charge >= 0.3 is 0 Å². The van der Waals surface area contributed by atoms with Crippen molar-refractivity contribution >= 4 is 0 Å². The smallest absolute Gasteiger partial charge is 0.0113 e. The van der Waals surface area contributed by atoms with Crippen LogP contribution in [0.1, 0.15) is 45.4 Å². The fourth-order valence-electron chi connectivity index (χ4n) is 3.94. The maximum atomic E-state index is 3.50. The third-order valence-electron chi connectivity index (χ3n) is 5.26. The van der Waals surface area contributed by atoms with Gasteiger partial charge in [0.1, 0.15) is 0 Å². The molecule has 4 unspecified atom stereocenters. The molecule has 2 heteroatoms. The van der Waals surface area contributed by atoms with Crippen molar-refractivity contribution in [1.29, 1.82) is 0 Å². The molecule has 2 saturated heterocycles. The number of hydrogen-bond acceptors (Lipinski definition) is 2. The summed E-state index contributed by atoms with van der Waals surface area (Å²) in [4.78, 5) is 2.88. The summed E-state index contributed by atoms with van der Waals surface area (Å²) in [7, 11) is 2.14. The lowest BCUT2D eigenvalue weighted by Crippen LogP contribution is -2.56. The van der Waals surface area contributed by atoms with Crippen molar-refractivity contribution in [2.75, 3.05) is 13.6 Å². The number of nitrogens with zero attached hydrogens (tertiary/aromatic N) is 1. The highest BCUT2D eigenvalue weighted by Crippen LogP contribution is 2.42. The molecule has 3 aliphatic rings. The Labute approximate surface area is 99.8 Å². The summed E-state index contributed by atoms with van der Waals surface area (Å²) >= 11 is 0. The quantitative estimate of drug-likeness (QED) is 0.788. The van der Waals surface area contributed by atoms with Gasteiger partial charge in [0.05, 0.1) is 0 Å². The molecule has 4 atom stereocenters. The molecule has 0 aromatic carbocycles. The van der Waals surface area contributed by atoms with E-state index in [1.807, 2.05) is 0 Å². The lowest BCUT2D eigenvalue weighted by atomic mass is 9.81. The van der Waals surface area contributed by atoms with Crippen LogP contribution < -0.4 is 5.32 Å². The minimum absolute atomic E-state index is 0.795. The monoisotopic (exact) mass is 222 g/mol. The van der Waals surface area contributed by atoms with Crippen molar-refractivity contribution in [3.63, 3.8) is 0 Å². The zero-order valence-corrected chi connectivity index (χ0v) is 10.8. The molecule has 3 fully saturated rings. The van der Waals surface area contributed by atoms with E-state index in [9.17, 15) is 0 Å². The Balaban J connectivity index is 1.64. The van der Waals surface area contributed by atoms with Crippen LogP contribution in [0.5, 0.6) is 0 Å². The first-order valence-electron chi connectivity index (χ1n) is 7.21. The van der Waals surface area contributed by atoms with Crippen LogP contribution >= 0.6 is 0 Å². The highest BCUT2D eigenvalue weighted by molar-refractivity contribution is 4.97. The second-order valence-corrected chi connectivity index (χ2v) is 6.37. The minimum atomic E-state index is 0.795. The van der Waals surface area contributed by atoms with Gasteiger partial charge in [-0.05, 0) is 51.0 Å². The van der Waals surface area contributed by atoms with Gasteiger partial charge in [-0.2, -0.15) is 0 Å². The molecule has 1 aliphatic carbocycles. The molecule has 0 aromatic rings. The van der Waals surface area contributed by atoms with Gasteiger partial charge in [0.15, 0.2) is 0 Å². The fourth-order valence-corrected chi connectivity index (χ4v) is 3.94. The van der Waals surface area contributed by atoms with Crippen LogP contribution in [0.25, 0.3) is 0 Å². The molecule has 2 aliphatic heterocycles. The molecule has 92 valence electrons. The van der Waals surface area contributed by atoms with Gasteiger partial charge in [0.2, 0.25) is 0 Å². The maximum absolute atomic E-state index is 3.50. The Kier molecular flexibility index (Phi) is 2.97. The number of nitrogens with one attached hydrogen (secondary N) is 1. The normalized spacial score (nSPS) is 48.0. The van der Waals surface area contributed by atoms with E-state index >= 15 is 0 Å². The lowest BCUT2D eigenvalue weighted by molar-refractivity contribution is 0.0213. The Hall–Kier alpha value is -0.0800. The predicted octanol–water partition coefficient (Wildman–Crippen LogP) is 2.25. The molecule has 2 bridgehead atoms. The Morgan fingerprint density at radius 3 is 2.25 bits per heavy atom. The highest BCUT2D eigenvalue weighted by Gasteiger charge is 2.42. The number of piperidine rings is 2. The van der Waals surface area contributed by atoms with Gasteiger partial charge in [-0.25, -0.2) is 0 Å². The van der Waals surface area contributed by atoms with Gasteiger partial charge in [0, 0.05) is 24.7 Å². The maximum Gasteiger partial charge on any atom is 0.0113 e. The summed E-state index contributed by atoms with van der Waals surface area (Å²) in [5.41, 5.74) is 0. The topological polar surface area (TPSA) is 15.3 Å². The van der Waals surface area contributed by atoms with Crippen molar-refractivity contribution in [3.05, 3.63) is 0 Å². The molecule has 0 radical (unpaired) electrons. The molecule has 0 amide bonds. The van der Waals surface area contributed by atoms with Crippen LogP contribution in [0, 0.1) is 11.8 Å². The molecule has 16 heavy (non-hydrogen) atoms. The molecular formula is C14H26N2. The van der Waals surface area contributed by atoms with Crippen LogP contribution in [0.2, 0.25) is 0 Å². The predicted molar refractivity (Wildman–Crippen MR) is 67.5 cm³/mol. The van der Waals surface area contributed by atoms with E-state index < -0.39 is 0 Å². The standard InChI is InChI=1S/C14H26N2/c1-10-6-11(10)9-16-13-4-3-5-14(16)8-12(7-13)15-2/h10-15H,3-9H2,1-2H3. The van der Waals surface area contributed by atoms with Crippen LogP contribution in [-0.4, -0.2) is 36.6 Å². The molecular weight excluding hydrogens is 196 g/mol. The summed E-state index contributed by atoms with van der Waals surface area (Å²) in [6, 6.07) is 2.60. The number of hydrogen-bond donors (Lipinski definition) is 1. The van der Waals surface area contributed by atoms with E-state index in [2.05, 4.69) is 24.2 Å². The zero-order chi connectivity index (χ0) is 11.1.